The van der Waals surface area contributed by atoms with E-state index in [1.807, 2.05) is 20.8 Å². The van der Waals surface area contributed by atoms with E-state index in [-0.39, 0.29) is 16.3 Å². The molecule has 0 saturated heterocycles. The molecule has 0 radical (unpaired) electrons. The third kappa shape index (κ3) is 6.50. The third-order valence-corrected chi connectivity index (χ3v) is 6.17. The van der Waals surface area contributed by atoms with E-state index in [1.165, 1.54) is 12.3 Å². The van der Waals surface area contributed by atoms with Crippen LogP contribution in [0.2, 0.25) is 5.02 Å². The van der Waals surface area contributed by atoms with Gasteiger partial charge in [-0.15, -0.1) is 0 Å². The first kappa shape index (κ1) is 27.9. The molecule has 0 aliphatic heterocycles. The zero-order chi connectivity index (χ0) is 28.3. The van der Waals surface area contributed by atoms with E-state index in [2.05, 4.69) is 31.3 Å². The van der Waals surface area contributed by atoms with E-state index in [1.54, 1.807) is 48.5 Å². The standard InChI is InChI=1S/C27H23BrClN5O5/c1-27(2,3)26-32-21-10-9-17(28)12-20(21)25(36)33(26)30-14-16-11-18(29)13-22(34(37)38)24(16)39-15-23(35)31-19-7-5-4-6-8-19/h4-14H,15H2,1-3H3,(H,31,35). The number of carbonyl (C=O) groups excluding carboxylic acids is 1. The minimum atomic E-state index is -0.671. The maximum absolute atomic E-state index is 13.5. The molecule has 0 aliphatic carbocycles. The van der Waals surface area contributed by atoms with Crippen LogP contribution in [-0.4, -0.2) is 33.3 Å². The number of amides is 1. The van der Waals surface area contributed by atoms with Gasteiger partial charge < -0.3 is 10.1 Å². The second-order valence-electron chi connectivity index (χ2n) is 9.51. The van der Waals surface area contributed by atoms with Crippen LogP contribution in [0.4, 0.5) is 11.4 Å². The van der Waals surface area contributed by atoms with Gasteiger partial charge in [0.25, 0.3) is 11.5 Å². The van der Waals surface area contributed by atoms with Crippen molar-refractivity contribution < 1.29 is 14.5 Å². The number of carbonyl (C=O) groups is 1. The molecule has 0 fully saturated rings. The number of hydrogen-bond donors (Lipinski definition) is 1. The number of fused-ring (bicyclic) bond motifs is 1. The topological polar surface area (TPSA) is 129 Å². The summed E-state index contributed by atoms with van der Waals surface area (Å²) in [4.78, 5) is 41.7. The number of anilines is 1. The molecular weight excluding hydrogens is 590 g/mol. The van der Waals surface area contributed by atoms with Crippen molar-refractivity contribution >= 4 is 61.9 Å². The molecule has 0 saturated carbocycles. The van der Waals surface area contributed by atoms with Crippen LogP contribution in [-0.2, 0) is 10.2 Å². The van der Waals surface area contributed by atoms with E-state index in [0.717, 1.165) is 10.7 Å². The first-order chi connectivity index (χ1) is 18.4. The molecule has 4 rings (SSSR count). The summed E-state index contributed by atoms with van der Waals surface area (Å²) in [7, 11) is 0. The Balaban J connectivity index is 1.77. The predicted octanol–water partition coefficient (Wildman–Crippen LogP) is 5.92. The SMILES string of the molecule is CC(C)(C)c1nc2ccc(Br)cc2c(=O)n1N=Cc1cc(Cl)cc([N+](=O)[O-])c1OCC(=O)Nc1ccccc1. The van der Waals surface area contributed by atoms with Gasteiger partial charge in [-0.1, -0.05) is 66.5 Å². The fraction of sp³-hybridized carbons (Fsp3) is 0.185. The number of benzene rings is 3. The Hall–Kier alpha value is -4.09. The summed E-state index contributed by atoms with van der Waals surface area (Å²) in [6.07, 6.45) is 1.23. The Kier molecular flexibility index (Phi) is 8.12. The fourth-order valence-electron chi connectivity index (χ4n) is 3.71. The lowest BCUT2D eigenvalue weighted by atomic mass is 9.95. The molecule has 0 aliphatic rings. The normalized spacial score (nSPS) is 11.6. The summed E-state index contributed by atoms with van der Waals surface area (Å²) < 4.78 is 7.45. The quantitative estimate of drug-likeness (QED) is 0.157. The van der Waals surface area contributed by atoms with Crippen molar-refractivity contribution in [3.05, 3.63) is 102 Å². The van der Waals surface area contributed by atoms with Gasteiger partial charge >= 0.3 is 5.69 Å². The van der Waals surface area contributed by atoms with E-state index in [4.69, 9.17) is 16.3 Å². The Morgan fingerprint density at radius 3 is 2.59 bits per heavy atom. The van der Waals surface area contributed by atoms with Gasteiger partial charge in [0.05, 0.1) is 22.0 Å². The molecule has 4 aromatic rings. The van der Waals surface area contributed by atoms with Gasteiger partial charge in [0, 0.05) is 32.2 Å². The van der Waals surface area contributed by atoms with Crippen molar-refractivity contribution in [1.29, 1.82) is 0 Å². The number of rotatable bonds is 7. The van der Waals surface area contributed by atoms with Crippen LogP contribution in [0, 0.1) is 10.1 Å². The predicted molar refractivity (Wildman–Crippen MR) is 154 cm³/mol. The number of hydrogen-bond acceptors (Lipinski definition) is 7. The summed E-state index contributed by atoms with van der Waals surface area (Å²) in [6, 6.07) is 16.4. The van der Waals surface area contributed by atoms with Crippen LogP contribution in [0.25, 0.3) is 10.9 Å². The smallest absolute Gasteiger partial charge is 0.313 e. The third-order valence-electron chi connectivity index (χ3n) is 5.46. The van der Waals surface area contributed by atoms with Crippen molar-refractivity contribution in [3.63, 3.8) is 0 Å². The Morgan fingerprint density at radius 2 is 1.92 bits per heavy atom. The number of para-hydroxylation sites is 1. The molecule has 0 atom stereocenters. The van der Waals surface area contributed by atoms with E-state index in [9.17, 15) is 19.7 Å². The monoisotopic (exact) mass is 611 g/mol. The summed E-state index contributed by atoms with van der Waals surface area (Å²) in [5, 5.41) is 19.2. The summed E-state index contributed by atoms with van der Waals surface area (Å²) >= 11 is 9.53. The van der Waals surface area contributed by atoms with Gasteiger partial charge in [-0.25, -0.2) is 4.98 Å². The molecule has 0 bridgehead atoms. The van der Waals surface area contributed by atoms with Crippen molar-refractivity contribution in [3.8, 4) is 5.75 Å². The Morgan fingerprint density at radius 1 is 1.21 bits per heavy atom. The van der Waals surface area contributed by atoms with Crippen LogP contribution in [0.3, 0.4) is 0 Å². The lowest BCUT2D eigenvalue weighted by Gasteiger charge is -2.21. The van der Waals surface area contributed by atoms with Gasteiger partial charge in [-0.05, 0) is 36.4 Å². The molecular formula is C27H23BrClN5O5. The molecule has 10 nitrogen and oxygen atoms in total. The van der Waals surface area contributed by atoms with Crippen LogP contribution in [0.1, 0.15) is 32.2 Å². The number of nitro groups is 1. The second kappa shape index (κ2) is 11.3. The molecule has 1 heterocycles. The maximum atomic E-state index is 13.5. The molecule has 1 aromatic heterocycles. The number of ether oxygens (including phenoxy) is 1. The molecule has 3 aromatic carbocycles. The number of aromatic nitrogens is 2. The highest BCUT2D eigenvalue weighted by molar-refractivity contribution is 9.10. The van der Waals surface area contributed by atoms with Crippen molar-refractivity contribution in [2.24, 2.45) is 5.10 Å². The minimum absolute atomic E-state index is 0.0493. The largest absolute Gasteiger partial charge is 0.476 e. The van der Waals surface area contributed by atoms with Gasteiger partial charge in [0.15, 0.2) is 6.61 Å². The number of nitrogens with zero attached hydrogens (tertiary/aromatic N) is 4. The van der Waals surface area contributed by atoms with Crippen molar-refractivity contribution in [1.82, 2.24) is 9.66 Å². The van der Waals surface area contributed by atoms with Crippen LogP contribution < -0.4 is 15.6 Å². The maximum Gasteiger partial charge on any atom is 0.313 e. The van der Waals surface area contributed by atoms with Crippen LogP contribution in [0.15, 0.2) is 75.0 Å². The van der Waals surface area contributed by atoms with Crippen molar-refractivity contribution in [2.75, 3.05) is 11.9 Å². The lowest BCUT2D eigenvalue weighted by Crippen LogP contribution is -2.29. The van der Waals surface area contributed by atoms with E-state index in [0.29, 0.717) is 26.9 Å². The van der Waals surface area contributed by atoms with Crippen molar-refractivity contribution in [2.45, 2.75) is 26.2 Å². The molecule has 200 valence electrons. The highest BCUT2D eigenvalue weighted by Gasteiger charge is 2.24. The van der Waals surface area contributed by atoms with Gasteiger partial charge in [0.2, 0.25) is 5.75 Å². The zero-order valence-electron chi connectivity index (χ0n) is 21.1. The first-order valence-corrected chi connectivity index (χ1v) is 12.8. The number of halogens is 2. The van der Waals surface area contributed by atoms with Crippen LogP contribution >= 0.6 is 27.5 Å². The Bertz CT molecular complexity index is 1670. The summed E-state index contributed by atoms with van der Waals surface area (Å²) in [6.45, 7) is 5.14. The second-order valence-corrected chi connectivity index (χ2v) is 10.9. The molecule has 0 unspecified atom stereocenters. The number of nitrogens with one attached hydrogen (secondary N) is 1. The Labute approximate surface area is 236 Å². The fourth-order valence-corrected chi connectivity index (χ4v) is 4.29. The highest BCUT2D eigenvalue weighted by Crippen LogP contribution is 2.34. The number of nitro benzene ring substituents is 1. The molecule has 39 heavy (non-hydrogen) atoms. The average Bonchev–Trinajstić information content (AvgIpc) is 2.87. The molecule has 0 spiro atoms. The molecule has 12 heteroatoms. The first-order valence-electron chi connectivity index (χ1n) is 11.7. The van der Waals surface area contributed by atoms with Crippen LogP contribution in [0.5, 0.6) is 5.75 Å². The summed E-state index contributed by atoms with van der Waals surface area (Å²) in [5.41, 5.74) is -0.311. The summed E-state index contributed by atoms with van der Waals surface area (Å²) in [5.74, 6) is -0.373. The zero-order valence-corrected chi connectivity index (χ0v) is 23.5. The van der Waals surface area contributed by atoms with Gasteiger partial charge in [-0.3, -0.25) is 19.7 Å². The minimum Gasteiger partial charge on any atom is -0.476 e. The molecule has 1 amide bonds. The average molecular weight is 613 g/mol. The molecule has 1 N–H and O–H groups in total. The van der Waals surface area contributed by atoms with Gasteiger partial charge in [0.1, 0.15) is 5.82 Å². The van der Waals surface area contributed by atoms with E-state index < -0.39 is 34.1 Å². The lowest BCUT2D eigenvalue weighted by molar-refractivity contribution is -0.385. The highest BCUT2D eigenvalue weighted by atomic mass is 79.9. The van der Waals surface area contributed by atoms with Gasteiger partial charge in [-0.2, -0.15) is 9.78 Å². The van der Waals surface area contributed by atoms with E-state index >= 15 is 0 Å².